The van der Waals surface area contributed by atoms with E-state index in [9.17, 15) is 4.79 Å². The van der Waals surface area contributed by atoms with E-state index in [0.29, 0.717) is 19.6 Å². The Morgan fingerprint density at radius 2 is 2.04 bits per heavy atom. The Bertz CT molecular complexity index is 813. The largest absolute Gasteiger partial charge is 0.494 e. The fourth-order valence-electron chi connectivity index (χ4n) is 3.26. The molecule has 0 aromatic heterocycles. The highest BCUT2D eigenvalue weighted by molar-refractivity contribution is 5.78. The summed E-state index contributed by atoms with van der Waals surface area (Å²) >= 11 is 0. The van der Waals surface area contributed by atoms with Crippen LogP contribution in [0.3, 0.4) is 0 Å². The van der Waals surface area contributed by atoms with Gasteiger partial charge in [0.05, 0.1) is 13.0 Å². The lowest BCUT2D eigenvalue weighted by Crippen LogP contribution is -2.25. The highest BCUT2D eigenvalue weighted by Gasteiger charge is 2.22. The van der Waals surface area contributed by atoms with Crippen molar-refractivity contribution in [2.45, 2.75) is 53.2 Å². The first-order valence-corrected chi connectivity index (χ1v) is 9.24. The predicted molar refractivity (Wildman–Crippen MR) is 103 cm³/mol. The molecule has 1 atom stereocenters. The molecule has 2 aromatic rings. The summed E-state index contributed by atoms with van der Waals surface area (Å²) in [5.74, 6) is 1.74. The van der Waals surface area contributed by atoms with E-state index in [2.05, 4.69) is 38.2 Å². The number of hydrogen-bond acceptors (Lipinski definition) is 3. The predicted octanol–water partition coefficient (Wildman–Crippen LogP) is 3.88. The minimum atomic E-state index is 0.00508. The molecule has 1 N–H and O–H groups in total. The summed E-state index contributed by atoms with van der Waals surface area (Å²) in [7, 11) is 0. The van der Waals surface area contributed by atoms with Gasteiger partial charge in [0.15, 0.2) is 0 Å². The summed E-state index contributed by atoms with van der Waals surface area (Å²) in [6.07, 6.45) is 1.47. The third kappa shape index (κ3) is 4.18. The van der Waals surface area contributed by atoms with Gasteiger partial charge in [0.25, 0.3) is 0 Å². The number of amides is 1. The van der Waals surface area contributed by atoms with Crippen molar-refractivity contribution in [3.8, 4) is 11.5 Å². The molecule has 0 fully saturated rings. The number of aryl methyl sites for hydroxylation is 2. The Morgan fingerprint density at radius 3 is 2.77 bits per heavy atom. The average Bonchev–Trinajstić information content (AvgIpc) is 2.95. The van der Waals surface area contributed by atoms with Crippen molar-refractivity contribution >= 4 is 5.91 Å². The molecule has 26 heavy (non-hydrogen) atoms. The first kappa shape index (κ1) is 18.3. The van der Waals surface area contributed by atoms with Crippen LogP contribution in [0.4, 0.5) is 0 Å². The molecule has 1 heterocycles. The molecule has 4 nitrogen and oxygen atoms in total. The summed E-state index contributed by atoms with van der Waals surface area (Å²) in [6.45, 7) is 9.20. The molecule has 0 radical (unpaired) electrons. The van der Waals surface area contributed by atoms with E-state index in [-0.39, 0.29) is 12.0 Å². The smallest absolute Gasteiger partial charge is 0.224 e. The average molecular weight is 353 g/mol. The van der Waals surface area contributed by atoms with Crippen LogP contribution >= 0.6 is 0 Å². The second-order valence-electron chi connectivity index (χ2n) is 7.01. The Balaban J connectivity index is 1.67. The molecule has 4 heteroatoms. The third-order valence-electron chi connectivity index (χ3n) is 4.79. The number of hydrogen-bond donors (Lipinski definition) is 1. The lowest BCUT2D eigenvalue weighted by Gasteiger charge is -2.13. The fourth-order valence-corrected chi connectivity index (χ4v) is 3.26. The van der Waals surface area contributed by atoms with Crippen LogP contribution in [0.2, 0.25) is 0 Å². The van der Waals surface area contributed by atoms with E-state index in [1.807, 2.05) is 25.1 Å². The second kappa shape index (κ2) is 7.81. The molecule has 0 aliphatic carbocycles. The number of fused-ring (bicyclic) bond motifs is 1. The van der Waals surface area contributed by atoms with E-state index in [4.69, 9.17) is 9.47 Å². The van der Waals surface area contributed by atoms with Gasteiger partial charge in [0, 0.05) is 24.1 Å². The van der Waals surface area contributed by atoms with Gasteiger partial charge in [-0.05, 0) is 56.5 Å². The van der Waals surface area contributed by atoms with Crippen molar-refractivity contribution in [3.63, 3.8) is 0 Å². The van der Waals surface area contributed by atoms with Crippen molar-refractivity contribution in [1.82, 2.24) is 5.32 Å². The summed E-state index contributed by atoms with van der Waals surface area (Å²) in [4.78, 5) is 12.4. The molecule has 1 aliphatic heterocycles. The van der Waals surface area contributed by atoms with Crippen molar-refractivity contribution in [3.05, 3.63) is 58.1 Å². The molecular weight excluding hydrogens is 326 g/mol. The zero-order valence-electron chi connectivity index (χ0n) is 16.0. The van der Waals surface area contributed by atoms with Crippen LogP contribution in [0.15, 0.2) is 30.3 Å². The van der Waals surface area contributed by atoms with Gasteiger partial charge in [-0.2, -0.15) is 0 Å². The summed E-state index contributed by atoms with van der Waals surface area (Å²) in [5, 5.41) is 3.01. The highest BCUT2D eigenvalue weighted by atomic mass is 16.5. The number of carbonyl (C=O) groups is 1. The van der Waals surface area contributed by atoms with Gasteiger partial charge in [-0.3, -0.25) is 4.79 Å². The van der Waals surface area contributed by atoms with E-state index in [0.717, 1.165) is 29.0 Å². The molecule has 1 aliphatic rings. The number of rotatable bonds is 6. The van der Waals surface area contributed by atoms with Crippen LogP contribution in [0.25, 0.3) is 0 Å². The molecule has 3 rings (SSSR count). The zero-order chi connectivity index (χ0) is 18.7. The number of nitrogens with one attached hydrogen (secondary N) is 1. The minimum absolute atomic E-state index is 0.00508. The van der Waals surface area contributed by atoms with Gasteiger partial charge >= 0.3 is 0 Å². The Hall–Kier alpha value is -2.49. The maximum Gasteiger partial charge on any atom is 0.224 e. The van der Waals surface area contributed by atoms with E-state index >= 15 is 0 Å². The fraction of sp³-hybridized carbons (Fsp3) is 0.409. The first-order valence-electron chi connectivity index (χ1n) is 9.24. The lowest BCUT2D eigenvalue weighted by atomic mass is 10.0. The number of benzene rings is 2. The van der Waals surface area contributed by atoms with E-state index in [1.165, 1.54) is 16.7 Å². The maximum atomic E-state index is 12.4. The minimum Gasteiger partial charge on any atom is -0.494 e. The topological polar surface area (TPSA) is 47.6 Å². The van der Waals surface area contributed by atoms with Crippen LogP contribution in [0.5, 0.6) is 11.5 Å². The van der Waals surface area contributed by atoms with Crippen LogP contribution < -0.4 is 14.8 Å². The van der Waals surface area contributed by atoms with Gasteiger partial charge in [-0.15, -0.1) is 0 Å². The quantitative estimate of drug-likeness (QED) is 0.857. The molecule has 1 amide bonds. The molecular formula is C22H27NO3. The SMILES string of the molecule is CCOc1cc2c(cc1CNC(=O)Cc1ccc(C)c(C)c1)O[C@@H](C)C2. The van der Waals surface area contributed by atoms with Crippen LogP contribution in [-0.4, -0.2) is 18.6 Å². The summed E-state index contributed by atoms with van der Waals surface area (Å²) < 4.78 is 11.6. The Labute approximate surface area is 155 Å². The first-order chi connectivity index (χ1) is 12.5. The van der Waals surface area contributed by atoms with Crippen LogP contribution in [0.1, 0.15) is 41.7 Å². The van der Waals surface area contributed by atoms with E-state index in [1.54, 1.807) is 0 Å². The Kier molecular flexibility index (Phi) is 5.50. The molecule has 0 spiro atoms. The molecule has 0 saturated heterocycles. The summed E-state index contributed by atoms with van der Waals surface area (Å²) in [5.41, 5.74) is 5.60. The van der Waals surface area contributed by atoms with Gasteiger partial charge in [-0.1, -0.05) is 18.2 Å². The van der Waals surface area contributed by atoms with Crippen molar-refractivity contribution in [2.75, 3.05) is 6.61 Å². The molecule has 0 unspecified atom stereocenters. The lowest BCUT2D eigenvalue weighted by molar-refractivity contribution is -0.120. The summed E-state index contributed by atoms with van der Waals surface area (Å²) in [6, 6.07) is 10.2. The van der Waals surface area contributed by atoms with Crippen LogP contribution in [-0.2, 0) is 24.2 Å². The van der Waals surface area contributed by atoms with Crippen molar-refractivity contribution in [2.24, 2.45) is 0 Å². The molecule has 2 aromatic carbocycles. The van der Waals surface area contributed by atoms with Gasteiger partial charge in [0.1, 0.15) is 17.6 Å². The van der Waals surface area contributed by atoms with Crippen molar-refractivity contribution in [1.29, 1.82) is 0 Å². The third-order valence-corrected chi connectivity index (χ3v) is 4.79. The monoisotopic (exact) mass is 353 g/mol. The second-order valence-corrected chi connectivity index (χ2v) is 7.01. The maximum absolute atomic E-state index is 12.4. The standard InChI is InChI=1S/C22H27NO3/c1-5-25-20-11-18-9-16(4)26-21(18)12-19(20)13-23-22(24)10-17-7-6-14(2)15(3)8-17/h6-8,11-12,16H,5,9-10,13H2,1-4H3,(H,23,24)/t16-/m0/s1. The highest BCUT2D eigenvalue weighted by Crippen LogP contribution is 2.35. The van der Waals surface area contributed by atoms with Gasteiger partial charge in [-0.25, -0.2) is 0 Å². The molecule has 0 bridgehead atoms. The zero-order valence-corrected chi connectivity index (χ0v) is 16.0. The Morgan fingerprint density at radius 1 is 1.23 bits per heavy atom. The normalized spacial score (nSPS) is 15.3. The van der Waals surface area contributed by atoms with Crippen molar-refractivity contribution < 1.29 is 14.3 Å². The number of carbonyl (C=O) groups excluding carboxylic acids is 1. The van der Waals surface area contributed by atoms with Gasteiger partial charge in [0.2, 0.25) is 5.91 Å². The molecule has 138 valence electrons. The molecule has 0 saturated carbocycles. The van der Waals surface area contributed by atoms with Gasteiger partial charge < -0.3 is 14.8 Å². The van der Waals surface area contributed by atoms with E-state index < -0.39 is 0 Å². The van der Waals surface area contributed by atoms with Crippen LogP contribution in [0, 0.1) is 13.8 Å². The number of ether oxygens (including phenoxy) is 2.